The second-order valence-electron chi connectivity index (χ2n) is 5.32. The van der Waals surface area contributed by atoms with Crippen molar-refractivity contribution >= 4 is 17.5 Å². The molecule has 0 unspecified atom stereocenters. The summed E-state index contributed by atoms with van der Waals surface area (Å²) in [7, 11) is 0. The fourth-order valence-corrected chi connectivity index (χ4v) is 1.63. The van der Waals surface area contributed by atoms with Gasteiger partial charge in [0, 0.05) is 11.3 Å². The van der Waals surface area contributed by atoms with Crippen molar-refractivity contribution in [3.05, 3.63) is 30.5 Å². The summed E-state index contributed by atoms with van der Waals surface area (Å²) >= 11 is 0. The second-order valence-corrected chi connectivity index (χ2v) is 5.32. The Hall–Kier alpha value is -2.50. The molecule has 1 amide bonds. The summed E-state index contributed by atoms with van der Waals surface area (Å²) < 4.78 is 10.3. The molecule has 0 atom stereocenters. The predicted octanol–water partition coefficient (Wildman–Crippen LogP) is 3.27. The molecule has 0 radical (unpaired) electrons. The highest BCUT2D eigenvalue weighted by Crippen LogP contribution is 2.27. The molecule has 2 rings (SSSR count). The Bertz CT molecular complexity index is 614. The molecule has 1 heterocycles. The third-order valence-corrected chi connectivity index (χ3v) is 2.37. The summed E-state index contributed by atoms with van der Waals surface area (Å²) in [5.41, 5.74) is 6.96. The molecule has 6 heteroatoms. The fraction of sp³-hybridized carbons (Fsp3) is 0.286. The van der Waals surface area contributed by atoms with E-state index in [4.69, 9.17) is 15.0 Å². The Balaban J connectivity index is 2.15. The first-order valence-corrected chi connectivity index (χ1v) is 6.16. The van der Waals surface area contributed by atoms with Crippen molar-refractivity contribution in [2.75, 3.05) is 11.1 Å². The molecule has 2 aromatic rings. The number of hydrogen-bond donors (Lipinski definition) is 2. The highest BCUT2D eigenvalue weighted by molar-refractivity contribution is 5.86. The number of hydrogen-bond acceptors (Lipinski definition) is 5. The predicted molar refractivity (Wildman–Crippen MR) is 76.2 cm³/mol. The van der Waals surface area contributed by atoms with Gasteiger partial charge in [-0.05, 0) is 32.9 Å². The van der Waals surface area contributed by atoms with Gasteiger partial charge in [-0.1, -0.05) is 17.3 Å². The van der Waals surface area contributed by atoms with Crippen LogP contribution in [0, 0.1) is 0 Å². The number of nitrogen functional groups attached to an aromatic ring is 1. The van der Waals surface area contributed by atoms with Gasteiger partial charge in [0.15, 0.2) is 5.76 Å². The molecule has 0 fully saturated rings. The van der Waals surface area contributed by atoms with Crippen LogP contribution in [0.15, 0.2) is 35.0 Å². The highest BCUT2D eigenvalue weighted by atomic mass is 16.6. The largest absolute Gasteiger partial charge is 0.444 e. The summed E-state index contributed by atoms with van der Waals surface area (Å²) in [4.78, 5) is 11.7. The maximum atomic E-state index is 11.7. The molecular formula is C14H17N3O3. The Morgan fingerprint density at radius 2 is 2.15 bits per heavy atom. The van der Waals surface area contributed by atoms with E-state index in [9.17, 15) is 4.79 Å². The van der Waals surface area contributed by atoms with Gasteiger partial charge >= 0.3 is 6.09 Å². The lowest BCUT2D eigenvalue weighted by Crippen LogP contribution is -2.27. The van der Waals surface area contributed by atoms with Gasteiger partial charge in [-0.3, -0.25) is 5.32 Å². The molecule has 0 aliphatic heterocycles. The number of anilines is 2. The SMILES string of the molecule is CC(C)(C)OC(=O)Nc1cccc(-c2oncc2N)c1. The minimum Gasteiger partial charge on any atom is -0.444 e. The molecule has 3 N–H and O–H groups in total. The monoisotopic (exact) mass is 275 g/mol. The summed E-state index contributed by atoms with van der Waals surface area (Å²) in [5, 5.41) is 6.28. The average molecular weight is 275 g/mol. The molecule has 0 saturated heterocycles. The van der Waals surface area contributed by atoms with Gasteiger partial charge in [0.1, 0.15) is 11.3 Å². The lowest BCUT2D eigenvalue weighted by Gasteiger charge is -2.19. The van der Waals surface area contributed by atoms with Gasteiger partial charge in [-0.25, -0.2) is 4.79 Å². The molecular weight excluding hydrogens is 258 g/mol. The van der Waals surface area contributed by atoms with Crippen molar-refractivity contribution in [1.29, 1.82) is 0 Å². The summed E-state index contributed by atoms with van der Waals surface area (Å²) in [6.07, 6.45) is 0.920. The van der Waals surface area contributed by atoms with Gasteiger partial charge in [-0.15, -0.1) is 0 Å². The molecule has 0 spiro atoms. The number of carbonyl (C=O) groups is 1. The molecule has 106 valence electrons. The summed E-state index contributed by atoms with van der Waals surface area (Å²) in [6.45, 7) is 5.41. The minimum atomic E-state index is -0.545. The van der Waals surface area contributed by atoms with E-state index in [1.807, 2.05) is 6.07 Å². The Morgan fingerprint density at radius 3 is 2.75 bits per heavy atom. The van der Waals surface area contributed by atoms with Crippen molar-refractivity contribution in [3.8, 4) is 11.3 Å². The number of carbonyl (C=O) groups excluding carboxylic acids is 1. The molecule has 0 aliphatic carbocycles. The molecule has 0 bridgehead atoms. The van der Waals surface area contributed by atoms with Crippen molar-refractivity contribution in [2.45, 2.75) is 26.4 Å². The van der Waals surface area contributed by atoms with E-state index < -0.39 is 11.7 Å². The van der Waals surface area contributed by atoms with E-state index in [2.05, 4.69) is 10.5 Å². The van der Waals surface area contributed by atoms with Crippen LogP contribution in [0.3, 0.4) is 0 Å². The molecule has 0 saturated carbocycles. The van der Waals surface area contributed by atoms with Crippen LogP contribution in [0.25, 0.3) is 11.3 Å². The number of rotatable bonds is 2. The first kappa shape index (κ1) is 13.9. The van der Waals surface area contributed by atoms with E-state index >= 15 is 0 Å². The van der Waals surface area contributed by atoms with Crippen molar-refractivity contribution in [2.24, 2.45) is 0 Å². The van der Waals surface area contributed by atoms with Crippen LogP contribution >= 0.6 is 0 Å². The molecule has 20 heavy (non-hydrogen) atoms. The normalized spacial score (nSPS) is 11.2. The quantitative estimate of drug-likeness (QED) is 0.877. The van der Waals surface area contributed by atoms with E-state index in [0.29, 0.717) is 17.1 Å². The lowest BCUT2D eigenvalue weighted by atomic mass is 10.1. The van der Waals surface area contributed by atoms with Gasteiger partial charge in [0.2, 0.25) is 0 Å². The Kier molecular flexibility index (Phi) is 3.65. The van der Waals surface area contributed by atoms with E-state index in [-0.39, 0.29) is 0 Å². The van der Waals surface area contributed by atoms with Crippen LogP contribution < -0.4 is 11.1 Å². The Labute approximate surface area is 116 Å². The molecule has 0 aliphatic rings. The van der Waals surface area contributed by atoms with Crippen molar-refractivity contribution in [3.63, 3.8) is 0 Å². The number of nitrogens with two attached hydrogens (primary N) is 1. The van der Waals surface area contributed by atoms with Gasteiger partial charge in [-0.2, -0.15) is 0 Å². The fourth-order valence-electron chi connectivity index (χ4n) is 1.63. The zero-order valence-electron chi connectivity index (χ0n) is 11.6. The first-order valence-electron chi connectivity index (χ1n) is 6.16. The minimum absolute atomic E-state index is 0.444. The number of ether oxygens (including phenoxy) is 1. The van der Waals surface area contributed by atoms with Crippen molar-refractivity contribution < 1.29 is 14.1 Å². The van der Waals surface area contributed by atoms with Crippen LogP contribution in [0.4, 0.5) is 16.2 Å². The number of benzene rings is 1. The Morgan fingerprint density at radius 1 is 1.40 bits per heavy atom. The van der Waals surface area contributed by atoms with Crippen LogP contribution in [0.1, 0.15) is 20.8 Å². The maximum absolute atomic E-state index is 11.7. The van der Waals surface area contributed by atoms with Gasteiger partial charge in [0.25, 0.3) is 0 Å². The zero-order valence-corrected chi connectivity index (χ0v) is 11.6. The number of aromatic nitrogens is 1. The standard InChI is InChI=1S/C14H17N3O3/c1-14(2,3)19-13(18)17-10-6-4-5-9(7-10)12-11(15)8-16-20-12/h4-8H,15H2,1-3H3,(H,17,18). The summed E-state index contributed by atoms with van der Waals surface area (Å²) in [5.74, 6) is 0.470. The zero-order chi connectivity index (χ0) is 14.8. The number of nitrogens with one attached hydrogen (secondary N) is 1. The van der Waals surface area contributed by atoms with Crippen LogP contribution in [-0.4, -0.2) is 16.9 Å². The van der Waals surface area contributed by atoms with Crippen LogP contribution in [0.5, 0.6) is 0 Å². The second kappa shape index (κ2) is 5.24. The maximum Gasteiger partial charge on any atom is 0.412 e. The average Bonchev–Trinajstić information content (AvgIpc) is 2.73. The number of nitrogens with zero attached hydrogens (tertiary/aromatic N) is 1. The summed E-state index contributed by atoms with van der Waals surface area (Å²) in [6, 6.07) is 7.09. The number of amides is 1. The smallest absolute Gasteiger partial charge is 0.412 e. The molecule has 6 nitrogen and oxygen atoms in total. The molecule has 1 aromatic carbocycles. The highest BCUT2D eigenvalue weighted by Gasteiger charge is 2.16. The van der Waals surface area contributed by atoms with E-state index in [0.717, 1.165) is 5.56 Å². The van der Waals surface area contributed by atoms with Crippen LogP contribution in [-0.2, 0) is 4.74 Å². The van der Waals surface area contributed by atoms with Gasteiger partial charge < -0.3 is 15.0 Å². The third kappa shape index (κ3) is 3.50. The van der Waals surface area contributed by atoms with E-state index in [1.54, 1.807) is 39.0 Å². The third-order valence-electron chi connectivity index (χ3n) is 2.37. The van der Waals surface area contributed by atoms with Crippen LogP contribution in [0.2, 0.25) is 0 Å². The topological polar surface area (TPSA) is 90.4 Å². The molecule has 1 aromatic heterocycles. The van der Waals surface area contributed by atoms with E-state index in [1.165, 1.54) is 6.20 Å². The first-order chi connectivity index (χ1) is 9.35. The van der Waals surface area contributed by atoms with Gasteiger partial charge in [0.05, 0.1) is 6.20 Å². The van der Waals surface area contributed by atoms with Crippen molar-refractivity contribution in [1.82, 2.24) is 5.16 Å². The lowest BCUT2D eigenvalue weighted by molar-refractivity contribution is 0.0636.